The van der Waals surface area contributed by atoms with E-state index >= 15 is 0 Å². The Morgan fingerprint density at radius 2 is 1.93 bits per heavy atom. The van der Waals surface area contributed by atoms with E-state index in [4.69, 9.17) is 0 Å². The van der Waals surface area contributed by atoms with Crippen LogP contribution in [0.1, 0.15) is 19.0 Å². The van der Waals surface area contributed by atoms with Crippen molar-refractivity contribution in [3.8, 4) is 0 Å². The Hall–Kier alpha value is -3.22. The van der Waals surface area contributed by atoms with E-state index in [0.717, 1.165) is 11.4 Å². The second kappa shape index (κ2) is 8.44. The number of carbonyl (C=O) groups excluding carboxylic acids is 3. The van der Waals surface area contributed by atoms with E-state index in [1.807, 2.05) is 42.5 Å². The van der Waals surface area contributed by atoms with Gasteiger partial charge in [0.15, 0.2) is 0 Å². The summed E-state index contributed by atoms with van der Waals surface area (Å²) in [5.41, 5.74) is 1.52. The minimum Gasteiger partial charge on any atom is -0.349 e. The van der Waals surface area contributed by atoms with Gasteiger partial charge in [-0.3, -0.25) is 19.4 Å². The second-order valence-electron chi connectivity index (χ2n) is 6.51. The van der Waals surface area contributed by atoms with Gasteiger partial charge in [-0.05, 0) is 31.2 Å². The molecule has 1 aliphatic rings. The number of carbonyl (C=O) groups is 3. The molecular weight excluding hydrogens is 344 g/mol. The number of benzene rings is 1. The van der Waals surface area contributed by atoms with Crippen molar-refractivity contribution in [2.24, 2.45) is 5.92 Å². The molecule has 0 radical (unpaired) electrons. The Labute approximate surface area is 157 Å². The molecule has 1 saturated heterocycles. The number of anilines is 1. The van der Waals surface area contributed by atoms with Crippen molar-refractivity contribution in [3.05, 3.63) is 60.4 Å². The smallest absolute Gasteiger partial charge is 0.242 e. The lowest BCUT2D eigenvalue weighted by Gasteiger charge is -2.18. The Kier molecular flexibility index (Phi) is 5.80. The zero-order chi connectivity index (χ0) is 19.2. The average molecular weight is 366 g/mol. The lowest BCUT2D eigenvalue weighted by Crippen LogP contribution is -2.47. The van der Waals surface area contributed by atoms with Crippen LogP contribution in [0.15, 0.2) is 54.7 Å². The van der Waals surface area contributed by atoms with Gasteiger partial charge in [-0.2, -0.15) is 0 Å². The first-order valence-electron chi connectivity index (χ1n) is 8.88. The second-order valence-corrected chi connectivity index (χ2v) is 6.51. The molecule has 1 aromatic heterocycles. The molecule has 3 rings (SSSR count). The number of aromatic nitrogens is 1. The summed E-state index contributed by atoms with van der Waals surface area (Å²) in [6.07, 6.45) is 1.80. The number of nitrogens with zero attached hydrogens (tertiary/aromatic N) is 2. The topological polar surface area (TPSA) is 91.4 Å². The first kappa shape index (κ1) is 18.6. The molecule has 7 heteroatoms. The first-order valence-corrected chi connectivity index (χ1v) is 8.88. The SMILES string of the molecule is C[C@@H](NC(=O)C1CC(=O)N(c2ccccc2)C1)C(=O)NCc1ccccn1. The van der Waals surface area contributed by atoms with E-state index in [1.54, 1.807) is 24.1 Å². The van der Waals surface area contributed by atoms with Crippen molar-refractivity contribution < 1.29 is 14.4 Å². The van der Waals surface area contributed by atoms with Gasteiger partial charge in [0.05, 0.1) is 18.2 Å². The summed E-state index contributed by atoms with van der Waals surface area (Å²) in [7, 11) is 0. The van der Waals surface area contributed by atoms with E-state index in [-0.39, 0.29) is 24.1 Å². The molecule has 2 heterocycles. The fraction of sp³-hybridized carbons (Fsp3) is 0.300. The predicted molar refractivity (Wildman–Crippen MR) is 101 cm³/mol. The standard InChI is InChI=1S/C20H22N4O3/c1-14(19(26)22-12-16-7-5-6-10-21-16)23-20(27)15-11-18(25)24(13-15)17-8-3-2-4-9-17/h2-10,14-15H,11-13H2,1H3,(H,22,26)(H,23,27)/t14-,15?/m1/s1. The zero-order valence-electron chi connectivity index (χ0n) is 15.1. The highest BCUT2D eigenvalue weighted by molar-refractivity contribution is 6.01. The molecule has 0 bridgehead atoms. The van der Waals surface area contributed by atoms with Crippen molar-refractivity contribution >= 4 is 23.4 Å². The summed E-state index contributed by atoms with van der Waals surface area (Å²) in [6, 6.07) is 14.0. The molecule has 2 N–H and O–H groups in total. The van der Waals surface area contributed by atoms with Crippen LogP contribution in [0, 0.1) is 5.92 Å². The number of hydrogen-bond donors (Lipinski definition) is 2. The van der Waals surface area contributed by atoms with Crippen LogP contribution in [-0.4, -0.2) is 35.3 Å². The van der Waals surface area contributed by atoms with E-state index in [0.29, 0.717) is 13.1 Å². The van der Waals surface area contributed by atoms with Gasteiger partial charge in [-0.25, -0.2) is 0 Å². The molecule has 2 aromatic rings. The van der Waals surface area contributed by atoms with Crippen molar-refractivity contribution in [2.75, 3.05) is 11.4 Å². The summed E-state index contributed by atoms with van der Waals surface area (Å²) >= 11 is 0. The highest BCUT2D eigenvalue weighted by Gasteiger charge is 2.35. The van der Waals surface area contributed by atoms with Crippen molar-refractivity contribution in [1.82, 2.24) is 15.6 Å². The van der Waals surface area contributed by atoms with Crippen molar-refractivity contribution in [1.29, 1.82) is 0 Å². The van der Waals surface area contributed by atoms with Gasteiger partial charge >= 0.3 is 0 Å². The molecule has 0 aliphatic carbocycles. The van der Waals surface area contributed by atoms with Crippen LogP contribution < -0.4 is 15.5 Å². The zero-order valence-corrected chi connectivity index (χ0v) is 15.1. The molecule has 140 valence electrons. The number of pyridine rings is 1. The minimum atomic E-state index is -0.693. The number of amides is 3. The third kappa shape index (κ3) is 4.69. The molecule has 27 heavy (non-hydrogen) atoms. The third-order valence-electron chi connectivity index (χ3n) is 4.49. The largest absolute Gasteiger partial charge is 0.349 e. The molecule has 1 unspecified atom stereocenters. The quantitative estimate of drug-likeness (QED) is 0.805. The van der Waals surface area contributed by atoms with Crippen LogP contribution in [0.5, 0.6) is 0 Å². The van der Waals surface area contributed by atoms with Gasteiger partial charge in [0.1, 0.15) is 6.04 Å². The van der Waals surface area contributed by atoms with Crippen LogP contribution in [0.4, 0.5) is 5.69 Å². The molecule has 2 atom stereocenters. The van der Waals surface area contributed by atoms with Crippen molar-refractivity contribution in [3.63, 3.8) is 0 Å². The number of para-hydroxylation sites is 1. The first-order chi connectivity index (χ1) is 13.0. The van der Waals surface area contributed by atoms with Crippen LogP contribution in [0.25, 0.3) is 0 Å². The number of nitrogens with one attached hydrogen (secondary N) is 2. The van der Waals surface area contributed by atoms with E-state index in [2.05, 4.69) is 15.6 Å². The highest BCUT2D eigenvalue weighted by atomic mass is 16.2. The van der Waals surface area contributed by atoms with Gasteiger partial charge in [0, 0.05) is 24.8 Å². The van der Waals surface area contributed by atoms with Crippen LogP contribution in [0.2, 0.25) is 0 Å². The highest BCUT2D eigenvalue weighted by Crippen LogP contribution is 2.24. The summed E-state index contributed by atoms with van der Waals surface area (Å²) in [6.45, 7) is 2.23. The maximum absolute atomic E-state index is 12.5. The Bertz CT molecular complexity index is 810. The Balaban J connectivity index is 1.51. The fourth-order valence-corrected chi connectivity index (χ4v) is 2.97. The normalized spacial score (nSPS) is 17.4. The summed E-state index contributed by atoms with van der Waals surface area (Å²) in [4.78, 5) is 42.6. The lowest BCUT2D eigenvalue weighted by atomic mass is 10.1. The summed E-state index contributed by atoms with van der Waals surface area (Å²) in [5.74, 6) is -1.14. The van der Waals surface area contributed by atoms with Crippen molar-refractivity contribution in [2.45, 2.75) is 25.9 Å². The summed E-state index contributed by atoms with van der Waals surface area (Å²) in [5, 5.41) is 5.44. The Morgan fingerprint density at radius 3 is 2.63 bits per heavy atom. The predicted octanol–water partition coefficient (Wildman–Crippen LogP) is 1.26. The average Bonchev–Trinajstić information content (AvgIpc) is 3.09. The molecule has 0 saturated carbocycles. The number of rotatable bonds is 6. The van der Waals surface area contributed by atoms with Crippen LogP contribution in [-0.2, 0) is 20.9 Å². The molecule has 0 spiro atoms. The maximum Gasteiger partial charge on any atom is 0.242 e. The van der Waals surface area contributed by atoms with E-state index in [9.17, 15) is 14.4 Å². The monoisotopic (exact) mass is 366 g/mol. The lowest BCUT2D eigenvalue weighted by molar-refractivity contribution is -0.131. The number of hydrogen-bond acceptors (Lipinski definition) is 4. The maximum atomic E-state index is 12.5. The fourth-order valence-electron chi connectivity index (χ4n) is 2.97. The van der Waals surface area contributed by atoms with E-state index < -0.39 is 12.0 Å². The molecular formula is C20H22N4O3. The Morgan fingerprint density at radius 1 is 1.19 bits per heavy atom. The van der Waals surface area contributed by atoms with Crippen LogP contribution in [0.3, 0.4) is 0 Å². The van der Waals surface area contributed by atoms with E-state index in [1.165, 1.54) is 0 Å². The molecule has 7 nitrogen and oxygen atoms in total. The van der Waals surface area contributed by atoms with Gasteiger partial charge in [0.25, 0.3) is 0 Å². The summed E-state index contributed by atoms with van der Waals surface area (Å²) < 4.78 is 0. The van der Waals surface area contributed by atoms with Crippen LogP contribution >= 0.6 is 0 Å². The minimum absolute atomic E-state index is 0.0893. The third-order valence-corrected chi connectivity index (χ3v) is 4.49. The van der Waals surface area contributed by atoms with Gasteiger partial charge < -0.3 is 15.5 Å². The van der Waals surface area contributed by atoms with Gasteiger partial charge in [-0.15, -0.1) is 0 Å². The molecule has 1 aliphatic heterocycles. The molecule has 3 amide bonds. The molecule has 1 aromatic carbocycles. The van der Waals surface area contributed by atoms with Gasteiger partial charge in [-0.1, -0.05) is 24.3 Å². The molecule has 1 fully saturated rings. The van der Waals surface area contributed by atoms with Gasteiger partial charge in [0.2, 0.25) is 17.7 Å².